The summed E-state index contributed by atoms with van der Waals surface area (Å²) in [5.74, 6) is 5.59. The number of benzene rings is 1. The van der Waals surface area contributed by atoms with Crippen LogP contribution >= 0.6 is 11.8 Å². The van der Waals surface area contributed by atoms with Gasteiger partial charge >= 0.3 is 0 Å². The van der Waals surface area contributed by atoms with Crippen LogP contribution in [0.15, 0.2) is 35.7 Å². The Morgan fingerprint density at radius 3 is 3.06 bits per heavy atom. The molecule has 0 aliphatic heterocycles. The van der Waals surface area contributed by atoms with Crippen LogP contribution in [0.1, 0.15) is 11.1 Å². The Morgan fingerprint density at radius 2 is 2.33 bits per heavy atom. The van der Waals surface area contributed by atoms with E-state index in [1.54, 1.807) is 18.5 Å². The molecule has 0 atom stereocenters. The van der Waals surface area contributed by atoms with Gasteiger partial charge in [0.15, 0.2) is 5.16 Å². The molecule has 0 saturated heterocycles. The highest BCUT2D eigenvalue weighted by Crippen LogP contribution is 2.21. The number of aromatic amines is 1. The molecule has 0 bridgehead atoms. The third-order valence-corrected chi connectivity index (χ3v) is 3.16. The quantitative estimate of drug-likeness (QED) is 0.658. The Bertz CT molecular complexity index is 572. The van der Waals surface area contributed by atoms with E-state index in [1.165, 1.54) is 23.9 Å². The number of thioether (sulfide) groups is 1. The number of halogens is 1. The fraction of sp³-hybridized carbons (Fsp3) is 0.154. The van der Waals surface area contributed by atoms with Gasteiger partial charge in [0.2, 0.25) is 0 Å². The zero-order valence-corrected chi connectivity index (χ0v) is 10.3. The highest BCUT2D eigenvalue weighted by molar-refractivity contribution is 7.98. The maximum atomic E-state index is 13.1. The second-order valence-corrected chi connectivity index (χ2v) is 4.41. The third-order valence-electron chi connectivity index (χ3n) is 2.21. The van der Waals surface area contributed by atoms with E-state index >= 15 is 0 Å². The number of imidazole rings is 1. The van der Waals surface area contributed by atoms with Gasteiger partial charge in [-0.25, -0.2) is 9.37 Å². The monoisotopic (exact) mass is 262 g/mol. The van der Waals surface area contributed by atoms with Gasteiger partial charge < -0.3 is 10.1 Å². The van der Waals surface area contributed by atoms with Gasteiger partial charge in [-0.1, -0.05) is 29.7 Å². The summed E-state index contributed by atoms with van der Waals surface area (Å²) in [6.07, 6.45) is 3.43. The summed E-state index contributed by atoms with van der Waals surface area (Å²) in [5, 5.41) is 9.49. The van der Waals surface area contributed by atoms with E-state index < -0.39 is 0 Å². The minimum absolute atomic E-state index is 0.235. The molecule has 2 rings (SSSR count). The predicted molar refractivity (Wildman–Crippen MR) is 68.5 cm³/mol. The van der Waals surface area contributed by atoms with Gasteiger partial charge in [-0.15, -0.1) is 0 Å². The highest BCUT2D eigenvalue weighted by atomic mass is 32.2. The molecule has 1 heterocycles. The first-order chi connectivity index (χ1) is 8.79. The van der Waals surface area contributed by atoms with Crippen LogP contribution in [0.4, 0.5) is 4.39 Å². The van der Waals surface area contributed by atoms with Crippen LogP contribution in [0.5, 0.6) is 0 Å². The van der Waals surface area contributed by atoms with Gasteiger partial charge in [-0.05, 0) is 17.7 Å². The molecule has 1 aromatic heterocycles. The molecule has 0 saturated carbocycles. The lowest BCUT2D eigenvalue weighted by Crippen LogP contribution is -1.90. The summed E-state index contributed by atoms with van der Waals surface area (Å²) in [5.41, 5.74) is 1.52. The van der Waals surface area contributed by atoms with Crippen molar-refractivity contribution in [3.05, 3.63) is 47.5 Å². The van der Waals surface area contributed by atoms with Crippen molar-refractivity contribution in [3.63, 3.8) is 0 Å². The third kappa shape index (κ3) is 3.36. The molecule has 2 aromatic rings. The van der Waals surface area contributed by atoms with Crippen LogP contribution in [0, 0.1) is 17.7 Å². The van der Waals surface area contributed by atoms with Crippen LogP contribution < -0.4 is 0 Å². The number of rotatable bonds is 3. The van der Waals surface area contributed by atoms with Crippen molar-refractivity contribution in [3.8, 4) is 11.8 Å². The number of nitrogens with one attached hydrogen (secondary N) is 1. The van der Waals surface area contributed by atoms with E-state index in [4.69, 9.17) is 5.11 Å². The number of hydrogen-bond donors (Lipinski definition) is 2. The van der Waals surface area contributed by atoms with Crippen LogP contribution in [0.3, 0.4) is 0 Å². The maximum Gasteiger partial charge on any atom is 0.165 e. The number of aromatic nitrogens is 2. The number of aliphatic hydroxyl groups excluding tert-OH is 1. The van der Waals surface area contributed by atoms with E-state index in [1.807, 2.05) is 0 Å². The predicted octanol–water partition coefficient (Wildman–Crippen LogP) is 2.18. The topological polar surface area (TPSA) is 48.9 Å². The van der Waals surface area contributed by atoms with Crippen LogP contribution in [-0.2, 0) is 5.75 Å². The first kappa shape index (κ1) is 12.7. The number of H-pyrrole nitrogens is 1. The average Bonchev–Trinajstić information content (AvgIpc) is 2.88. The molecule has 0 radical (unpaired) electrons. The first-order valence-corrected chi connectivity index (χ1v) is 6.28. The van der Waals surface area contributed by atoms with Gasteiger partial charge in [0, 0.05) is 23.7 Å². The van der Waals surface area contributed by atoms with E-state index in [9.17, 15) is 4.39 Å². The highest BCUT2D eigenvalue weighted by Gasteiger charge is 2.04. The Hall–Kier alpha value is -1.77. The lowest BCUT2D eigenvalue weighted by molar-refractivity contribution is 0.350. The number of hydrogen-bond acceptors (Lipinski definition) is 3. The first-order valence-electron chi connectivity index (χ1n) is 5.30. The minimum Gasteiger partial charge on any atom is -0.384 e. The molecule has 2 N–H and O–H groups in total. The van der Waals surface area contributed by atoms with Gasteiger partial charge in [0.25, 0.3) is 0 Å². The summed E-state index contributed by atoms with van der Waals surface area (Å²) >= 11 is 1.51. The van der Waals surface area contributed by atoms with Crippen molar-refractivity contribution in [1.29, 1.82) is 0 Å². The summed E-state index contributed by atoms with van der Waals surface area (Å²) in [4.78, 5) is 7.08. The maximum absolute atomic E-state index is 13.1. The summed E-state index contributed by atoms with van der Waals surface area (Å²) in [6, 6.07) is 4.48. The van der Waals surface area contributed by atoms with Gasteiger partial charge in [-0.3, -0.25) is 0 Å². The minimum atomic E-state index is -0.330. The second-order valence-electron chi connectivity index (χ2n) is 3.44. The average molecular weight is 262 g/mol. The lowest BCUT2D eigenvalue weighted by atomic mass is 10.1. The molecule has 0 unspecified atom stereocenters. The Labute approximate surface area is 108 Å². The van der Waals surface area contributed by atoms with Crippen molar-refractivity contribution in [2.75, 3.05) is 6.61 Å². The molecule has 1 aromatic carbocycles. The summed E-state index contributed by atoms with van der Waals surface area (Å²) < 4.78 is 13.1. The van der Waals surface area contributed by atoms with E-state index in [0.717, 1.165) is 10.7 Å². The van der Waals surface area contributed by atoms with Gasteiger partial charge in [0.05, 0.1) is 0 Å². The molecule has 0 spiro atoms. The number of aliphatic hydroxyl groups is 1. The molecular formula is C13H11FN2OS. The van der Waals surface area contributed by atoms with Crippen molar-refractivity contribution in [2.24, 2.45) is 0 Å². The van der Waals surface area contributed by atoms with E-state index in [-0.39, 0.29) is 12.4 Å². The fourth-order valence-corrected chi connectivity index (χ4v) is 2.23. The second kappa shape index (κ2) is 6.24. The largest absolute Gasteiger partial charge is 0.384 e. The zero-order chi connectivity index (χ0) is 12.8. The molecule has 0 fully saturated rings. The van der Waals surface area contributed by atoms with Crippen molar-refractivity contribution in [1.82, 2.24) is 9.97 Å². The molecular weight excluding hydrogens is 251 g/mol. The van der Waals surface area contributed by atoms with Gasteiger partial charge in [0.1, 0.15) is 12.4 Å². The molecule has 18 heavy (non-hydrogen) atoms. The van der Waals surface area contributed by atoms with Crippen LogP contribution in [0.2, 0.25) is 0 Å². The molecule has 5 heteroatoms. The molecule has 0 aliphatic carbocycles. The Morgan fingerprint density at radius 1 is 1.44 bits per heavy atom. The number of nitrogens with zero attached hydrogens (tertiary/aromatic N) is 1. The Kier molecular flexibility index (Phi) is 4.40. The van der Waals surface area contributed by atoms with Crippen molar-refractivity contribution >= 4 is 11.8 Å². The SMILES string of the molecule is OCC#Cc1cc(F)ccc1CSc1ncc[nH]1. The molecule has 0 amide bonds. The molecule has 3 nitrogen and oxygen atoms in total. The molecule has 92 valence electrons. The standard InChI is InChI=1S/C13H11FN2OS/c14-12-4-3-11(10(8-12)2-1-7-17)9-18-13-15-5-6-16-13/h3-6,8,17H,7,9H2,(H,15,16). The zero-order valence-electron chi connectivity index (χ0n) is 9.48. The van der Waals surface area contributed by atoms with Gasteiger partial charge in [-0.2, -0.15) is 0 Å². The summed E-state index contributed by atoms with van der Waals surface area (Å²) in [6.45, 7) is -0.235. The fourth-order valence-electron chi connectivity index (χ4n) is 1.40. The Balaban J connectivity index is 2.16. The van der Waals surface area contributed by atoms with Crippen molar-refractivity contribution in [2.45, 2.75) is 10.9 Å². The van der Waals surface area contributed by atoms with Crippen LogP contribution in [-0.4, -0.2) is 21.7 Å². The molecule has 0 aliphatic rings. The van der Waals surface area contributed by atoms with E-state index in [0.29, 0.717) is 11.3 Å². The van der Waals surface area contributed by atoms with E-state index in [2.05, 4.69) is 21.8 Å². The smallest absolute Gasteiger partial charge is 0.165 e. The van der Waals surface area contributed by atoms with Crippen LogP contribution in [0.25, 0.3) is 0 Å². The lowest BCUT2D eigenvalue weighted by Gasteiger charge is -2.03. The van der Waals surface area contributed by atoms with Crippen molar-refractivity contribution < 1.29 is 9.50 Å². The normalized spacial score (nSPS) is 9.89. The summed E-state index contributed by atoms with van der Waals surface area (Å²) in [7, 11) is 0.